The molecular formula is C14H24N4O2. The van der Waals surface area contributed by atoms with Crippen LogP contribution >= 0.6 is 0 Å². The molecule has 1 saturated carbocycles. The van der Waals surface area contributed by atoms with Crippen LogP contribution in [0, 0.1) is 5.92 Å². The van der Waals surface area contributed by atoms with Gasteiger partial charge in [-0.15, -0.1) is 0 Å². The van der Waals surface area contributed by atoms with Crippen molar-refractivity contribution < 1.29 is 9.84 Å². The number of nitrogen functional groups attached to an aromatic ring is 1. The van der Waals surface area contributed by atoms with Gasteiger partial charge in [-0.3, -0.25) is 0 Å². The van der Waals surface area contributed by atoms with Crippen LogP contribution in [0.1, 0.15) is 38.4 Å². The quantitative estimate of drug-likeness (QED) is 0.758. The van der Waals surface area contributed by atoms with E-state index in [0.29, 0.717) is 30.0 Å². The van der Waals surface area contributed by atoms with Crippen molar-refractivity contribution in [1.29, 1.82) is 0 Å². The molecule has 0 radical (unpaired) electrons. The van der Waals surface area contributed by atoms with E-state index in [1.54, 1.807) is 13.2 Å². The van der Waals surface area contributed by atoms with Crippen LogP contribution in [0.4, 0.5) is 11.6 Å². The normalized spacial score (nSPS) is 26.4. The maximum atomic E-state index is 9.80. The lowest BCUT2D eigenvalue weighted by Gasteiger charge is -2.39. The third kappa shape index (κ3) is 3.58. The van der Waals surface area contributed by atoms with Crippen molar-refractivity contribution in [3.05, 3.63) is 11.9 Å². The summed E-state index contributed by atoms with van der Waals surface area (Å²) in [4.78, 5) is 8.52. The largest absolute Gasteiger partial charge is 0.394 e. The van der Waals surface area contributed by atoms with Gasteiger partial charge in [-0.2, -0.15) is 0 Å². The van der Waals surface area contributed by atoms with Crippen molar-refractivity contribution in [2.75, 3.05) is 24.8 Å². The van der Waals surface area contributed by atoms with Crippen molar-refractivity contribution in [3.8, 4) is 0 Å². The molecule has 1 aromatic heterocycles. The van der Waals surface area contributed by atoms with Gasteiger partial charge in [0.05, 0.1) is 12.1 Å². The van der Waals surface area contributed by atoms with Gasteiger partial charge in [-0.1, -0.05) is 19.8 Å². The van der Waals surface area contributed by atoms with Crippen LogP contribution in [0.3, 0.4) is 0 Å². The molecule has 6 nitrogen and oxygen atoms in total. The lowest BCUT2D eigenvalue weighted by Crippen LogP contribution is -2.46. The zero-order valence-corrected chi connectivity index (χ0v) is 12.2. The van der Waals surface area contributed by atoms with E-state index in [9.17, 15) is 5.11 Å². The molecule has 4 N–H and O–H groups in total. The minimum atomic E-state index is -0.303. The molecule has 6 heteroatoms. The second-order valence-corrected chi connectivity index (χ2v) is 5.79. The average molecular weight is 280 g/mol. The first-order chi connectivity index (χ1) is 9.57. The van der Waals surface area contributed by atoms with Gasteiger partial charge in [0.2, 0.25) is 0 Å². The predicted octanol–water partition coefficient (Wildman–Crippen LogP) is 1.56. The van der Waals surface area contributed by atoms with Crippen LogP contribution in [-0.4, -0.2) is 34.3 Å². The first kappa shape index (κ1) is 15.0. The van der Waals surface area contributed by atoms with E-state index in [1.807, 2.05) is 0 Å². The highest BCUT2D eigenvalue weighted by atomic mass is 16.5. The van der Waals surface area contributed by atoms with Crippen LogP contribution in [0.5, 0.6) is 0 Å². The summed E-state index contributed by atoms with van der Waals surface area (Å²) in [6.07, 6.45) is 4.20. The Hall–Kier alpha value is -1.40. The molecular weight excluding hydrogens is 256 g/mol. The molecule has 1 aromatic rings. The molecule has 1 aliphatic carbocycles. The van der Waals surface area contributed by atoms with Gasteiger partial charge in [0.25, 0.3) is 0 Å². The van der Waals surface area contributed by atoms with E-state index >= 15 is 0 Å². The molecule has 0 spiro atoms. The number of anilines is 2. The molecule has 2 rings (SSSR count). The molecule has 2 atom stereocenters. The molecule has 20 heavy (non-hydrogen) atoms. The standard InChI is InChI=1S/C14H24N4O2/c1-10-4-3-5-14(7-10,9-19)18-12-6-11(15)16-13(17-12)8-20-2/h6,10,19H,3-5,7-9H2,1-2H3,(H3,15,16,17,18). The van der Waals surface area contributed by atoms with Crippen LogP contribution in [-0.2, 0) is 11.3 Å². The van der Waals surface area contributed by atoms with Crippen LogP contribution in [0.2, 0.25) is 0 Å². The first-order valence-corrected chi connectivity index (χ1v) is 7.08. The number of hydrogen-bond donors (Lipinski definition) is 3. The summed E-state index contributed by atoms with van der Waals surface area (Å²) in [6.45, 7) is 2.64. The fraction of sp³-hybridized carbons (Fsp3) is 0.714. The van der Waals surface area contributed by atoms with Crippen molar-refractivity contribution in [1.82, 2.24) is 9.97 Å². The molecule has 112 valence electrons. The van der Waals surface area contributed by atoms with E-state index in [1.165, 1.54) is 6.42 Å². The van der Waals surface area contributed by atoms with Gasteiger partial charge in [0.1, 0.15) is 18.2 Å². The Bertz CT molecular complexity index is 455. The smallest absolute Gasteiger partial charge is 0.158 e. The number of aromatic nitrogens is 2. The lowest BCUT2D eigenvalue weighted by molar-refractivity contribution is 0.149. The molecule has 2 unspecified atom stereocenters. The SMILES string of the molecule is COCc1nc(N)cc(NC2(CO)CCCC(C)C2)n1. The van der Waals surface area contributed by atoms with E-state index in [2.05, 4.69) is 22.2 Å². The predicted molar refractivity (Wildman–Crippen MR) is 78.2 cm³/mol. The molecule has 0 saturated heterocycles. The van der Waals surface area contributed by atoms with E-state index < -0.39 is 0 Å². The number of aliphatic hydroxyl groups excluding tert-OH is 1. The minimum Gasteiger partial charge on any atom is -0.394 e. The summed E-state index contributed by atoms with van der Waals surface area (Å²) in [5.41, 5.74) is 5.49. The Labute approximate surface area is 119 Å². The molecule has 1 aliphatic rings. The average Bonchev–Trinajstić information content (AvgIpc) is 2.38. The lowest BCUT2D eigenvalue weighted by atomic mass is 9.77. The summed E-state index contributed by atoms with van der Waals surface area (Å²) < 4.78 is 5.04. The topological polar surface area (TPSA) is 93.3 Å². The number of aliphatic hydroxyl groups is 1. The van der Waals surface area contributed by atoms with Gasteiger partial charge in [0.15, 0.2) is 5.82 Å². The Morgan fingerprint density at radius 1 is 1.55 bits per heavy atom. The second-order valence-electron chi connectivity index (χ2n) is 5.79. The van der Waals surface area contributed by atoms with Gasteiger partial charge in [-0.25, -0.2) is 9.97 Å². The highest BCUT2D eigenvalue weighted by molar-refractivity contribution is 5.46. The summed E-state index contributed by atoms with van der Waals surface area (Å²) >= 11 is 0. The Balaban J connectivity index is 2.18. The number of rotatable bonds is 5. The molecule has 0 bridgehead atoms. The maximum Gasteiger partial charge on any atom is 0.158 e. The number of ether oxygens (including phenoxy) is 1. The summed E-state index contributed by atoms with van der Waals surface area (Å²) in [5, 5.41) is 13.2. The van der Waals surface area contributed by atoms with Crippen molar-refractivity contribution in [3.63, 3.8) is 0 Å². The summed E-state index contributed by atoms with van der Waals surface area (Å²) in [7, 11) is 1.59. The highest BCUT2D eigenvalue weighted by Crippen LogP contribution is 2.34. The van der Waals surface area contributed by atoms with E-state index in [-0.39, 0.29) is 12.1 Å². The van der Waals surface area contributed by atoms with Crippen molar-refractivity contribution in [2.45, 2.75) is 44.8 Å². The Kier molecular flexibility index (Phi) is 4.77. The monoisotopic (exact) mass is 280 g/mol. The zero-order valence-electron chi connectivity index (χ0n) is 12.2. The van der Waals surface area contributed by atoms with Gasteiger partial charge >= 0.3 is 0 Å². The molecule has 1 heterocycles. The van der Waals surface area contributed by atoms with E-state index in [0.717, 1.165) is 19.3 Å². The molecule has 0 aromatic carbocycles. The van der Waals surface area contributed by atoms with Gasteiger partial charge in [0, 0.05) is 13.2 Å². The van der Waals surface area contributed by atoms with Crippen LogP contribution in [0.25, 0.3) is 0 Å². The van der Waals surface area contributed by atoms with Crippen molar-refractivity contribution >= 4 is 11.6 Å². The first-order valence-electron chi connectivity index (χ1n) is 7.08. The van der Waals surface area contributed by atoms with Gasteiger partial charge in [-0.05, 0) is 18.8 Å². The number of hydrogen-bond acceptors (Lipinski definition) is 6. The van der Waals surface area contributed by atoms with E-state index in [4.69, 9.17) is 10.5 Å². The van der Waals surface area contributed by atoms with Crippen LogP contribution in [0.15, 0.2) is 6.07 Å². The fourth-order valence-corrected chi connectivity index (χ4v) is 3.00. The number of nitrogens with one attached hydrogen (secondary N) is 1. The number of methoxy groups -OCH3 is 1. The highest BCUT2D eigenvalue weighted by Gasteiger charge is 2.34. The second kappa shape index (κ2) is 6.37. The van der Waals surface area contributed by atoms with Crippen molar-refractivity contribution in [2.24, 2.45) is 5.92 Å². The maximum absolute atomic E-state index is 9.80. The third-order valence-corrected chi connectivity index (χ3v) is 3.85. The fourth-order valence-electron chi connectivity index (χ4n) is 3.00. The minimum absolute atomic E-state index is 0.0981. The summed E-state index contributed by atoms with van der Waals surface area (Å²) in [6, 6.07) is 1.70. The van der Waals surface area contributed by atoms with Crippen LogP contribution < -0.4 is 11.1 Å². The molecule has 0 aliphatic heterocycles. The molecule has 0 amide bonds. The summed E-state index contributed by atoms with van der Waals surface area (Å²) in [5.74, 6) is 2.21. The Morgan fingerprint density at radius 2 is 2.35 bits per heavy atom. The third-order valence-electron chi connectivity index (χ3n) is 3.85. The Morgan fingerprint density at radius 3 is 3.00 bits per heavy atom. The number of nitrogens with two attached hydrogens (primary N) is 1. The molecule has 1 fully saturated rings. The van der Waals surface area contributed by atoms with Gasteiger partial charge < -0.3 is 20.9 Å². The zero-order chi connectivity index (χ0) is 14.6. The number of nitrogens with zero attached hydrogens (tertiary/aromatic N) is 2.